The summed E-state index contributed by atoms with van der Waals surface area (Å²) in [6.07, 6.45) is 0. The first kappa shape index (κ1) is 21.0. The highest BCUT2D eigenvalue weighted by Crippen LogP contribution is 2.69. The van der Waals surface area contributed by atoms with Crippen LogP contribution in [-0.2, 0) is 0 Å². The lowest BCUT2D eigenvalue weighted by atomic mass is 9.91. The summed E-state index contributed by atoms with van der Waals surface area (Å²) in [5.41, 5.74) is 0.878. The summed E-state index contributed by atoms with van der Waals surface area (Å²) in [6, 6.07) is 19.8. The van der Waals surface area contributed by atoms with Crippen LogP contribution in [0.4, 0.5) is 0 Å². The largest absolute Gasteiger partial charge is 0.457 e. The number of para-hydroxylation sites is 1. The van der Waals surface area contributed by atoms with Crippen molar-refractivity contribution in [3.63, 3.8) is 0 Å². The Kier molecular flexibility index (Phi) is 6.18. The van der Waals surface area contributed by atoms with Gasteiger partial charge in [0.05, 0.1) is 16.8 Å². The summed E-state index contributed by atoms with van der Waals surface area (Å²) in [4.78, 5) is -0.173. The van der Waals surface area contributed by atoms with Crippen LogP contribution in [0.15, 0.2) is 54.6 Å². The molecule has 6 heteroatoms. The molecule has 2 nitrogen and oxygen atoms in total. The number of alkyl halides is 4. The maximum Gasteiger partial charge on any atom is 0.184 e. The van der Waals surface area contributed by atoms with Gasteiger partial charge in [0.25, 0.3) is 0 Å². The van der Waals surface area contributed by atoms with Crippen molar-refractivity contribution in [2.45, 2.75) is 27.8 Å². The Morgan fingerprint density at radius 1 is 1.07 bits per heavy atom. The van der Waals surface area contributed by atoms with Crippen molar-refractivity contribution >= 4 is 55.1 Å². The van der Waals surface area contributed by atoms with E-state index in [-0.39, 0.29) is 28.0 Å². The van der Waals surface area contributed by atoms with Gasteiger partial charge >= 0.3 is 0 Å². The molecule has 2 aromatic carbocycles. The maximum atomic E-state index is 9.92. The molecule has 3 rings (SSSR count). The maximum absolute atomic E-state index is 9.92. The fourth-order valence-corrected chi connectivity index (χ4v) is 5.44. The molecule has 1 fully saturated rings. The summed E-state index contributed by atoms with van der Waals surface area (Å²) in [7, 11) is 0. The predicted octanol–water partition coefficient (Wildman–Crippen LogP) is 7.65. The highest BCUT2D eigenvalue weighted by atomic mass is 79.9. The lowest BCUT2D eigenvalue weighted by molar-refractivity contribution is 0.479. The second kappa shape index (κ2) is 7.95. The molecule has 1 saturated carbocycles. The van der Waals surface area contributed by atoms with E-state index in [1.54, 1.807) is 0 Å². The van der Waals surface area contributed by atoms with Crippen LogP contribution in [0.5, 0.6) is 11.5 Å². The number of nitrogens with zero attached hydrogens (tertiary/aromatic N) is 1. The molecule has 4 atom stereocenters. The van der Waals surface area contributed by atoms with Crippen LogP contribution in [0.2, 0.25) is 0 Å². The fraction of sp³-hybridized carbons (Fsp3) is 0.381. The van der Waals surface area contributed by atoms with Crippen LogP contribution in [0, 0.1) is 28.6 Å². The van der Waals surface area contributed by atoms with Crippen molar-refractivity contribution in [3.8, 4) is 17.6 Å². The topological polar surface area (TPSA) is 33.0 Å². The van der Waals surface area contributed by atoms with E-state index < -0.39 is 3.24 Å². The van der Waals surface area contributed by atoms with E-state index in [9.17, 15) is 5.26 Å². The monoisotopic (exact) mass is 529 g/mol. The molecule has 0 spiro atoms. The second-order valence-corrected chi connectivity index (χ2v) is 11.9. The number of hydrogen-bond donors (Lipinski definition) is 0. The zero-order valence-electron chi connectivity index (χ0n) is 14.9. The Morgan fingerprint density at radius 3 is 2.30 bits per heavy atom. The summed E-state index contributed by atoms with van der Waals surface area (Å²) in [6.45, 7) is 4.30. The van der Waals surface area contributed by atoms with Crippen LogP contribution in [0.3, 0.4) is 0 Å². The second-order valence-electron chi connectivity index (χ2n) is 7.41. The first-order chi connectivity index (χ1) is 12.7. The van der Waals surface area contributed by atoms with Crippen molar-refractivity contribution < 1.29 is 4.74 Å². The first-order valence-corrected chi connectivity index (χ1v) is 11.1. The van der Waals surface area contributed by atoms with Gasteiger partial charge < -0.3 is 4.74 Å². The summed E-state index contributed by atoms with van der Waals surface area (Å²) < 4.78 is 4.84. The van der Waals surface area contributed by atoms with Gasteiger partial charge in [0.1, 0.15) is 11.5 Å². The molecule has 0 bridgehead atoms. The van der Waals surface area contributed by atoms with Gasteiger partial charge in [-0.3, -0.25) is 0 Å². The van der Waals surface area contributed by atoms with Crippen molar-refractivity contribution in [2.24, 2.45) is 17.3 Å². The van der Waals surface area contributed by atoms with E-state index in [1.165, 1.54) is 0 Å². The quantitative estimate of drug-likeness (QED) is 0.359. The van der Waals surface area contributed by atoms with Crippen molar-refractivity contribution in [2.75, 3.05) is 0 Å². The third kappa shape index (κ3) is 4.48. The molecular formula is C21H19Br2Cl2NO. The molecule has 1 aliphatic carbocycles. The molecule has 0 heterocycles. The molecule has 0 saturated heterocycles. The third-order valence-corrected chi connectivity index (χ3v) is 8.68. The molecule has 0 aliphatic heterocycles. The van der Waals surface area contributed by atoms with Gasteiger partial charge in [-0.05, 0) is 63.0 Å². The molecular weight excluding hydrogens is 513 g/mol. The average molecular weight is 532 g/mol. The average Bonchev–Trinajstić information content (AvgIpc) is 3.17. The lowest BCUT2D eigenvalue weighted by Crippen LogP contribution is -2.23. The molecule has 0 amide bonds. The Labute approximate surface area is 187 Å². The van der Waals surface area contributed by atoms with Gasteiger partial charge in [0.2, 0.25) is 0 Å². The molecule has 1 aliphatic rings. The highest BCUT2D eigenvalue weighted by Gasteiger charge is 2.66. The lowest BCUT2D eigenvalue weighted by Gasteiger charge is -2.20. The Bertz CT molecular complexity index is 845. The van der Waals surface area contributed by atoms with Gasteiger partial charge in [0, 0.05) is 0 Å². The minimum absolute atomic E-state index is 0.0618. The van der Waals surface area contributed by atoms with Gasteiger partial charge in [-0.15, -0.1) is 0 Å². The molecule has 142 valence electrons. The van der Waals surface area contributed by atoms with E-state index in [4.69, 9.17) is 27.9 Å². The van der Waals surface area contributed by atoms with Crippen molar-refractivity contribution in [1.29, 1.82) is 5.26 Å². The highest BCUT2D eigenvalue weighted by molar-refractivity contribution is 9.13. The van der Waals surface area contributed by atoms with Gasteiger partial charge in [-0.25, -0.2) is 0 Å². The first-order valence-electron chi connectivity index (χ1n) is 8.59. The zero-order valence-corrected chi connectivity index (χ0v) is 19.6. The number of hydrogen-bond acceptors (Lipinski definition) is 2. The zero-order chi connectivity index (χ0) is 19.8. The summed E-state index contributed by atoms with van der Waals surface area (Å²) >= 11 is 19.5. The van der Waals surface area contributed by atoms with Gasteiger partial charge in [-0.1, -0.05) is 83.3 Å². The van der Waals surface area contributed by atoms with E-state index in [0.29, 0.717) is 5.75 Å². The number of rotatable bonds is 6. The third-order valence-electron chi connectivity index (χ3n) is 5.32. The van der Waals surface area contributed by atoms with Crippen LogP contribution in [0.25, 0.3) is 0 Å². The number of benzene rings is 2. The normalized spacial score (nSPS) is 23.1. The van der Waals surface area contributed by atoms with Crippen LogP contribution < -0.4 is 4.74 Å². The fourth-order valence-electron chi connectivity index (χ4n) is 3.88. The molecule has 0 aromatic heterocycles. The number of halogens is 4. The smallest absolute Gasteiger partial charge is 0.184 e. The van der Waals surface area contributed by atoms with E-state index in [2.05, 4.69) is 51.8 Å². The summed E-state index contributed by atoms with van der Waals surface area (Å²) in [5, 5.41) is 9.92. The molecule has 0 radical (unpaired) electrons. The Morgan fingerprint density at radius 2 is 1.70 bits per heavy atom. The van der Waals surface area contributed by atoms with Crippen LogP contribution >= 0.6 is 55.1 Å². The number of ether oxygens (including phenoxy) is 1. The SMILES string of the molecule is CC1(C)C(C(C#N)c2cccc(Oc3ccccc3)c2)C1C(Br)C(Cl)(Cl)Br. The molecule has 4 unspecified atom stereocenters. The molecule has 0 N–H and O–H groups in total. The number of nitriles is 1. The standard InChI is InChI=1S/C21H19Br2Cl2NO/c1-20(2)17(18(20)19(22)21(23,24)25)16(12-26)13-7-6-10-15(11-13)27-14-8-4-3-5-9-14/h3-11,16-19H,1-2H3. The van der Waals surface area contributed by atoms with Crippen molar-refractivity contribution in [1.82, 2.24) is 0 Å². The molecule has 27 heavy (non-hydrogen) atoms. The summed E-state index contributed by atoms with van der Waals surface area (Å²) in [5.74, 6) is 1.51. The molecule has 2 aromatic rings. The predicted molar refractivity (Wildman–Crippen MR) is 118 cm³/mol. The van der Waals surface area contributed by atoms with Crippen LogP contribution in [-0.4, -0.2) is 8.07 Å². The van der Waals surface area contributed by atoms with E-state index >= 15 is 0 Å². The van der Waals surface area contributed by atoms with Gasteiger partial charge in [0.15, 0.2) is 3.24 Å². The van der Waals surface area contributed by atoms with E-state index in [1.807, 2.05) is 54.6 Å². The minimum Gasteiger partial charge on any atom is -0.457 e. The van der Waals surface area contributed by atoms with Crippen LogP contribution in [0.1, 0.15) is 25.3 Å². The Hall–Kier alpha value is -0.730. The van der Waals surface area contributed by atoms with Gasteiger partial charge in [-0.2, -0.15) is 5.26 Å². The van der Waals surface area contributed by atoms with E-state index in [0.717, 1.165) is 11.3 Å². The van der Waals surface area contributed by atoms with Crippen molar-refractivity contribution in [3.05, 3.63) is 60.2 Å². The minimum atomic E-state index is -1.08. The Balaban J connectivity index is 1.85.